The van der Waals surface area contributed by atoms with E-state index in [0.717, 1.165) is 6.92 Å². The highest BCUT2D eigenvalue weighted by Crippen LogP contribution is 2.29. The maximum atomic E-state index is 13.3. The Balaban J connectivity index is 1.45. The van der Waals surface area contributed by atoms with Gasteiger partial charge in [-0.25, -0.2) is 14.8 Å². The molecule has 1 N–H and O–H groups in total. The molecule has 0 aromatic carbocycles. The van der Waals surface area contributed by atoms with Crippen LogP contribution in [0.4, 0.5) is 11.6 Å². The molecule has 0 atom stereocenters. The van der Waals surface area contributed by atoms with Gasteiger partial charge in [0.2, 0.25) is 17.2 Å². The number of thiazole rings is 1. The molecule has 38 heavy (non-hydrogen) atoms. The van der Waals surface area contributed by atoms with Gasteiger partial charge in [0.25, 0.3) is 0 Å². The number of ether oxygens (including phenoxy) is 2. The Labute approximate surface area is 219 Å². The number of hydrogen-bond donors (Lipinski definition) is 1. The molecule has 1 saturated heterocycles. The number of aryl methyl sites for hydroxylation is 1. The van der Waals surface area contributed by atoms with Gasteiger partial charge in [0.05, 0.1) is 18.4 Å². The fraction of sp³-hybridized carbons (Fsp3) is 0.240. The molecule has 13 heteroatoms. The number of amides is 1. The molecule has 1 amide bonds. The molecule has 0 unspecified atom stereocenters. The number of carbonyl (C=O) groups excluding carboxylic acids is 3. The van der Waals surface area contributed by atoms with Gasteiger partial charge < -0.3 is 19.7 Å². The average Bonchev–Trinajstić information content (AvgIpc) is 3.37. The molecule has 0 spiro atoms. The van der Waals surface area contributed by atoms with Crippen LogP contribution in [-0.4, -0.2) is 57.6 Å². The van der Waals surface area contributed by atoms with Crippen LogP contribution in [-0.2, 0) is 14.3 Å². The first-order valence-electron chi connectivity index (χ1n) is 11.5. The molecule has 12 nitrogen and oxygen atoms in total. The Morgan fingerprint density at radius 2 is 1.97 bits per heavy atom. The monoisotopic (exact) mass is 534 g/mol. The number of carbonyl (C=O) groups is 3. The number of aromatic nitrogens is 4. The van der Waals surface area contributed by atoms with Crippen LogP contribution in [0.1, 0.15) is 22.8 Å². The number of rotatable bonds is 6. The average molecular weight is 535 g/mol. The maximum absolute atomic E-state index is 13.3. The number of esters is 2. The van der Waals surface area contributed by atoms with Crippen molar-refractivity contribution in [2.24, 2.45) is 5.92 Å². The number of anilines is 2. The first-order valence-corrected chi connectivity index (χ1v) is 12.4. The standard InChI is InChI=1S/C25H22N6O6S/c1-13-9-18(30-10-15(11-30)23(34)28-17-5-4-6-19(27-17)36-3)29-22-20(13)21(33)16(24(35)37-14(2)32)12-31(22)25-26-7-8-38-25/h4-9,12,15H,10-11H2,1-3H3,(H,27,28,34). The third kappa shape index (κ3) is 4.70. The molecule has 5 rings (SSSR count). The molecule has 4 aromatic rings. The molecule has 4 aromatic heterocycles. The SMILES string of the molecule is COc1cccc(NC(=O)C2CN(c3cc(C)c4c(=O)c(C(=O)OC(C)=O)cn(-c5nccs5)c4n3)C2)n1. The molecule has 194 valence electrons. The summed E-state index contributed by atoms with van der Waals surface area (Å²) >= 11 is 1.29. The zero-order chi connectivity index (χ0) is 27.0. The van der Waals surface area contributed by atoms with Gasteiger partial charge in [-0.2, -0.15) is 4.98 Å². The lowest BCUT2D eigenvalue weighted by Crippen LogP contribution is -2.52. The van der Waals surface area contributed by atoms with Gasteiger partial charge in [-0.1, -0.05) is 6.07 Å². The first-order chi connectivity index (χ1) is 18.2. The summed E-state index contributed by atoms with van der Waals surface area (Å²) in [6, 6.07) is 6.84. The van der Waals surface area contributed by atoms with E-state index in [4.69, 9.17) is 9.72 Å². The van der Waals surface area contributed by atoms with Crippen LogP contribution in [0.5, 0.6) is 5.88 Å². The highest BCUT2D eigenvalue weighted by molar-refractivity contribution is 7.12. The second-order valence-electron chi connectivity index (χ2n) is 8.59. The van der Waals surface area contributed by atoms with Crippen molar-refractivity contribution in [1.82, 2.24) is 19.5 Å². The smallest absolute Gasteiger partial charge is 0.351 e. The zero-order valence-corrected chi connectivity index (χ0v) is 21.4. The summed E-state index contributed by atoms with van der Waals surface area (Å²) in [5.41, 5.74) is -0.0197. The molecule has 0 bridgehead atoms. The first kappa shape index (κ1) is 25.0. The molecule has 1 fully saturated rings. The minimum Gasteiger partial charge on any atom is -0.481 e. The molecule has 1 aliphatic rings. The fourth-order valence-corrected chi connectivity index (χ4v) is 4.73. The molecular weight excluding hydrogens is 512 g/mol. The summed E-state index contributed by atoms with van der Waals surface area (Å²) in [6.07, 6.45) is 2.88. The summed E-state index contributed by atoms with van der Waals surface area (Å²) in [5.74, 6) is -0.947. The molecule has 5 heterocycles. The number of hydrogen-bond acceptors (Lipinski definition) is 11. The van der Waals surface area contributed by atoms with E-state index in [1.54, 1.807) is 42.8 Å². The number of methoxy groups -OCH3 is 1. The lowest BCUT2D eigenvalue weighted by Gasteiger charge is -2.39. The van der Waals surface area contributed by atoms with Crippen LogP contribution in [0, 0.1) is 12.8 Å². The van der Waals surface area contributed by atoms with E-state index in [-0.39, 0.29) is 22.8 Å². The minimum atomic E-state index is -1.04. The Kier molecular flexibility index (Phi) is 6.59. The normalized spacial score (nSPS) is 13.2. The summed E-state index contributed by atoms with van der Waals surface area (Å²) in [4.78, 5) is 64.9. The van der Waals surface area contributed by atoms with Crippen LogP contribution in [0.15, 0.2) is 46.8 Å². The Morgan fingerprint density at radius 1 is 1.18 bits per heavy atom. The van der Waals surface area contributed by atoms with Crippen LogP contribution < -0.4 is 20.4 Å². The van der Waals surface area contributed by atoms with Gasteiger partial charge >= 0.3 is 11.9 Å². The van der Waals surface area contributed by atoms with Gasteiger partial charge in [0, 0.05) is 43.9 Å². The minimum absolute atomic E-state index is 0.173. The maximum Gasteiger partial charge on any atom is 0.351 e. The molecule has 0 radical (unpaired) electrons. The second kappa shape index (κ2) is 10.0. The highest BCUT2D eigenvalue weighted by atomic mass is 32.1. The molecule has 1 aliphatic heterocycles. The third-order valence-corrected chi connectivity index (χ3v) is 6.75. The zero-order valence-electron chi connectivity index (χ0n) is 20.6. The van der Waals surface area contributed by atoms with Crippen molar-refractivity contribution >= 4 is 51.9 Å². The number of nitrogens with one attached hydrogen (secondary N) is 1. The van der Waals surface area contributed by atoms with E-state index in [1.165, 1.54) is 29.2 Å². The van der Waals surface area contributed by atoms with Crippen LogP contribution in [0.25, 0.3) is 16.2 Å². The van der Waals surface area contributed by atoms with Crippen LogP contribution >= 0.6 is 11.3 Å². The Morgan fingerprint density at radius 3 is 2.66 bits per heavy atom. The van der Waals surface area contributed by atoms with Gasteiger partial charge in [-0.15, -0.1) is 11.3 Å². The second-order valence-corrected chi connectivity index (χ2v) is 9.46. The Bertz CT molecular complexity index is 1630. The van der Waals surface area contributed by atoms with E-state index in [9.17, 15) is 19.2 Å². The van der Waals surface area contributed by atoms with Crippen LogP contribution in [0.2, 0.25) is 0 Å². The third-order valence-electron chi connectivity index (χ3n) is 5.98. The van der Waals surface area contributed by atoms with E-state index < -0.39 is 17.4 Å². The topological polar surface area (TPSA) is 146 Å². The van der Waals surface area contributed by atoms with Crippen molar-refractivity contribution < 1.29 is 23.9 Å². The van der Waals surface area contributed by atoms with Gasteiger partial charge in [-0.05, 0) is 24.6 Å². The van der Waals surface area contributed by atoms with E-state index in [1.807, 2.05) is 4.90 Å². The summed E-state index contributed by atoms with van der Waals surface area (Å²) in [5, 5.41) is 5.23. The van der Waals surface area contributed by atoms with Crippen molar-refractivity contribution in [3.05, 3.63) is 63.4 Å². The van der Waals surface area contributed by atoms with E-state index in [2.05, 4.69) is 20.0 Å². The lowest BCUT2D eigenvalue weighted by atomic mass is 9.98. The van der Waals surface area contributed by atoms with Gasteiger partial charge in [0.1, 0.15) is 17.2 Å². The van der Waals surface area contributed by atoms with Crippen molar-refractivity contribution in [3.8, 4) is 11.0 Å². The van der Waals surface area contributed by atoms with Crippen molar-refractivity contribution in [2.75, 3.05) is 30.4 Å². The summed E-state index contributed by atoms with van der Waals surface area (Å²) < 4.78 is 11.3. The predicted molar refractivity (Wildman–Crippen MR) is 139 cm³/mol. The number of pyridine rings is 3. The lowest BCUT2D eigenvalue weighted by molar-refractivity contribution is -0.135. The molecular formula is C25H22N6O6S. The number of nitrogens with zero attached hydrogens (tertiary/aromatic N) is 5. The Hall–Kier alpha value is -4.65. The van der Waals surface area contributed by atoms with E-state index in [0.29, 0.717) is 46.9 Å². The summed E-state index contributed by atoms with van der Waals surface area (Å²) in [6.45, 7) is 3.65. The van der Waals surface area contributed by atoms with Gasteiger partial charge in [0.15, 0.2) is 10.8 Å². The van der Waals surface area contributed by atoms with Crippen molar-refractivity contribution in [1.29, 1.82) is 0 Å². The van der Waals surface area contributed by atoms with Crippen molar-refractivity contribution in [2.45, 2.75) is 13.8 Å². The highest BCUT2D eigenvalue weighted by Gasteiger charge is 2.34. The summed E-state index contributed by atoms with van der Waals surface area (Å²) in [7, 11) is 1.50. The van der Waals surface area contributed by atoms with Gasteiger partial charge in [-0.3, -0.25) is 19.0 Å². The predicted octanol–water partition coefficient (Wildman–Crippen LogP) is 2.33. The quantitative estimate of drug-likeness (QED) is 0.289. The molecule has 0 aliphatic carbocycles. The fourth-order valence-electron chi connectivity index (χ4n) is 4.11. The van der Waals surface area contributed by atoms with Crippen LogP contribution in [0.3, 0.4) is 0 Å². The number of fused-ring (bicyclic) bond motifs is 1. The largest absolute Gasteiger partial charge is 0.481 e. The van der Waals surface area contributed by atoms with Crippen molar-refractivity contribution in [3.63, 3.8) is 0 Å². The van der Waals surface area contributed by atoms with E-state index >= 15 is 0 Å². The molecule has 0 saturated carbocycles.